The number of rotatable bonds is 1. The van der Waals surface area contributed by atoms with Gasteiger partial charge in [0.05, 0.1) is 39.9 Å². The Morgan fingerprint density at radius 3 is 2.42 bits per heavy atom. The Bertz CT molecular complexity index is 1040. The van der Waals surface area contributed by atoms with Crippen LogP contribution in [-0.2, 0) is 15.0 Å². The molecule has 2 amide bonds. The van der Waals surface area contributed by atoms with Crippen LogP contribution in [0.2, 0.25) is 11.0 Å². The number of nitrogens with two attached hydrogens (primary N) is 1. The third-order valence-electron chi connectivity index (χ3n) is 4.54. The lowest BCUT2D eigenvalue weighted by atomic mass is 9.35. The number of aromatic nitrogens is 2. The number of piperidine rings is 1. The van der Waals surface area contributed by atoms with Crippen LogP contribution in [0.3, 0.4) is 0 Å². The molecule has 26 heavy (non-hydrogen) atoms. The van der Waals surface area contributed by atoms with Crippen LogP contribution >= 0.6 is 0 Å². The van der Waals surface area contributed by atoms with Crippen molar-refractivity contribution in [2.24, 2.45) is 0 Å². The minimum absolute atomic E-state index is 0.00818. The molecule has 0 saturated carbocycles. The predicted molar refractivity (Wildman–Crippen MR) is 101 cm³/mol. The fraction of sp³-hybridized carbons (Fsp3) is 0.286. The van der Waals surface area contributed by atoms with Crippen LogP contribution < -0.4 is 22.1 Å². The Morgan fingerprint density at radius 1 is 1.19 bits per heavy atom. The number of carbonyl (C=O) groups is 2. The van der Waals surface area contributed by atoms with E-state index >= 15 is 0 Å². The predicted octanol–water partition coefficient (Wildman–Crippen LogP) is -3.03. The largest absolute Gasteiger partial charge is 0.398 e. The van der Waals surface area contributed by atoms with Gasteiger partial charge in [-0.2, -0.15) is 0 Å². The van der Waals surface area contributed by atoms with Crippen molar-refractivity contribution in [3.05, 3.63) is 28.3 Å². The van der Waals surface area contributed by atoms with Gasteiger partial charge in [-0.05, 0) is 24.3 Å². The lowest BCUT2D eigenvalue weighted by molar-refractivity contribution is -0.138. The Kier molecular flexibility index (Phi) is 3.94. The summed E-state index contributed by atoms with van der Waals surface area (Å²) in [6.07, 6.45) is 0. The highest BCUT2D eigenvalue weighted by Gasteiger charge is 2.54. The SMILES string of the molecule is [B]c1cc(N)c2c(=O)n(C3([B])C(=O)NC(=O)C([B])([B])C3[B])c(C)nc2c1. The number of hydrogen-bond donors (Lipinski definition) is 2. The maximum atomic E-state index is 13.1. The highest BCUT2D eigenvalue weighted by Crippen LogP contribution is 2.45. The molecule has 12 heteroatoms. The van der Waals surface area contributed by atoms with E-state index in [1.807, 2.05) is 5.32 Å². The number of imide groups is 1. The molecule has 10 radical (unpaired) electrons. The normalized spacial score (nSPS) is 25.2. The number of carbonyl (C=O) groups excluding carboxylic acids is 2. The quantitative estimate of drug-likeness (QED) is 0.327. The summed E-state index contributed by atoms with van der Waals surface area (Å²) in [5.74, 6) is -3.64. The molecule has 7 nitrogen and oxygen atoms in total. The molecule has 3 N–H and O–H groups in total. The van der Waals surface area contributed by atoms with E-state index in [0.717, 1.165) is 4.57 Å². The second kappa shape index (κ2) is 5.56. The molecule has 2 aromatic rings. The van der Waals surface area contributed by atoms with Crippen molar-refractivity contribution in [3.63, 3.8) is 0 Å². The van der Waals surface area contributed by atoms with Crippen molar-refractivity contribution < 1.29 is 9.59 Å². The van der Waals surface area contributed by atoms with Gasteiger partial charge in [0.25, 0.3) is 5.56 Å². The molecule has 0 aliphatic carbocycles. The number of fused-ring (bicyclic) bond motifs is 1. The first-order valence-corrected chi connectivity index (χ1v) is 7.49. The van der Waals surface area contributed by atoms with Crippen LogP contribution in [-0.4, -0.2) is 60.6 Å². The van der Waals surface area contributed by atoms with Gasteiger partial charge in [-0.1, -0.05) is 11.3 Å². The summed E-state index contributed by atoms with van der Waals surface area (Å²) in [6, 6.07) is 2.82. The Morgan fingerprint density at radius 2 is 1.81 bits per heavy atom. The minimum atomic E-state index is -2.27. The Balaban J connectivity index is 2.39. The maximum Gasteiger partial charge on any atom is 0.263 e. The lowest BCUT2D eigenvalue weighted by Gasteiger charge is -2.49. The number of amides is 2. The topological polar surface area (TPSA) is 107 Å². The molecule has 0 bridgehead atoms. The molecule has 1 aliphatic heterocycles. The third kappa shape index (κ3) is 2.27. The fourth-order valence-electron chi connectivity index (χ4n) is 3.11. The van der Waals surface area contributed by atoms with E-state index in [-0.39, 0.29) is 22.4 Å². The second-order valence-corrected chi connectivity index (χ2v) is 6.32. The van der Waals surface area contributed by atoms with Crippen LogP contribution in [0.4, 0.5) is 5.69 Å². The first kappa shape index (κ1) is 18.4. The van der Waals surface area contributed by atoms with Crippen LogP contribution in [0.15, 0.2) is 16.9 Å². The number of aryl methyl sites for hydroxylation is 1. The number of benzene rings is 1. The molecule has 1 saturated heterocycles. The average Bonchev–Trinajstić information content (AvgIpc) is 2.51. The third-order valence-corrected chi connectivity index (χ3v) is 4.54. The Labute approximate surface area is 155 Å². The summed E-state index contributed by atoms with van der Waals surface area (Å²) in [4.78, 5) is 41.7. The maximum absolute atomic E-state index is 13.1. The summed E-state index contributed by atoms with van der Waals surface area (Å²) in [5.41, 5.74) is 3.44. The van der Waals surface area contributed by atoms with Crippen molar-refractivity contribution in [2.45, 2.75) is 23.4 Å². The average molecular weight is 335 g/mol. The van der Waals surface area contributed by atoms with E-state index in [0.29, 0.717) is 5.46 Å². The summed E-state index contributed by atoms with van der Waals surface area (Å²) in [7, 11) is 29.3. The van der Waals surface area contributed by atoms with Gasteiger partial charge in [-0.3, -0.25) is 24.3 Å². The molecular weight excluding hydrogens is 326 g/mol. The molecule has 1 fully saturated rings. The first-order valence-electron chi connectivity index (χ1n) is 7.49. The van der Waals surface area contributed by atoms with Gasteiger partial charge >= 0.3 is 0 Å². The highest BCUT2D eigenvalue weighted by molar-refractivity contribution is 6.57. The molecule has 1 aromatic heterocycles. The number of nitrogen functional groups attached to an aromatic ring is 1. The molecule has 118 valence electrons. The highest BCUT2D eigenvalue weighted by atomic mass is 16.2. The smallest absolute Gasteiger partial charge is 0.263 e. The lowest BCUT2D eigenvalue weighted by Crippen LogP contribution is -2.66. The fourth-order valence-corrected chi connectivity index (χ4v) is 3.11. The first-order chi connectivity index (χ1) is 11.9. The van der Waals surface area contributed by atoms with E-state index in [2.05, 4.69) is 4.98 Å². The van der Waals surface area contributed by atoms with Crippen molar-refractivity contribution >= 4 is 73.1 Å². The van der Waals surface area contributed by atoms with Gasteiger partial charge in [0.1, 0.15) is 21.5 Å². The zero-order valence-corrected chi connectivity index (χ0v) is 13.8. The van der Waals surface area contributed by atoms with Crippen molar-refractivity contribution in [1.82, 2.24) is 14.9 Å². The molecular formula is C14H9B5N4O3. The number of hydrogen-bond acceptors (Lipinski definition) is 5. The van der Waals surface area contributed by atoms with Gasteiger partial charge in [-0.25, -0.2) is 4.98 Å². The zero-order valence-electron chi connectivity index (χ0n) is 13.8. The summed E-state index contributed by atoms with van der Waals surface area (Å²) < 4.78 is 0.836. The van der Waals surface area contributed by atoms with Gasteiger partial charge in [-0.15, -0.1) is 0 Å². The standard InChI is InChI=1S/C14H9B5N4O3/c1-4-21-7-3-5(15)2-6(20)8(7)9(24)23(4)14(19)10(16)13(17,18)11(25)22-12(14)26/h2-3,10H,20H2,1H3,(H,22,25,26). The van der Waals surface area contributed by atoms with Crippen LogP contribution in [0.1, 0.15) is 5.82 Å². The molecule has 3 rings (SSSR count). The number of nitrogens with zero attached hydrogens (tertiary/aromatic N) is 2. The summed E-state index contributed by atoms with van der Waals surface area (Å²) in [6.45, 7) is 1.43. The van der Waals surface area contributed by atoms with E-state index in [1.165, 1.54) is 19.1 Å². The molecule has 1 aromatic carbocycles. The van der Waals surface area contributed by atoms with Crippen LogP contribution in [0.25, 0.3) is 10.9 Å². The molecule has 2 unspecified atom stereocenters. The summed E-state index contributed by atoms with van der Waals surface area (Å²) >= 11 is 0. The van der Waals surface area contributed by atoms with Crippen molar-refractivity contribution in [2.75, 3.05) is 5.73 Å². The van der Waals surface area contributed by atoms with Gasteiger partial charge in [0, 0.05) is 5.69 Å². The second-order valence-electron chi connectivity index (χ2n) is 6.32. The minimum Gasteiger partial charge on any atom is -0.398 e. The molecule has 2 heterocycles. The molecule has 1 aliphatic rings. The van der Waals surface area contributed by atoms with Gasteiger partial charge < -0.3 is 5.73 Å². The Hall–Kier alpha value is -2.38. The van der Waals surface area contributed by atoms with E-state index in [9.17, 15) is 14.4 Å². The van der Waals surface area contributed by atoms with E-state index in [4.69, 9.17) is 45.0 Å². The number of nitrogens with one attached hydrogen (secondary N) is 1. The summed E-state index contributed by atoms with van der Waals surface area (Å²) in [5, 5.41) is -0.263. The van der Waals surface area contributed by atoms with E-state index < -0.39 is 33.8 Å². The van der Waals surface area contributed by atoms with Crippen LogP contribution in [0, 0.1) is 6.92 Å². The van der Waals surface area contributed by atoms with Gasteiger partial charge in [0.2, 0.25) is 11.8 Å². The molecule has 2 atom stereocenters. The van der Waals surface area contributed by atoms with Crippen molar-refractivity contribution in [3.8, 4) is 0 Å². The zero-order chi connectivity index (χ0) is 19.6. The molecule has 0 spiro atoms. The van der Waals surface area contributed by atoms with Gasteiger partial charge in [0.15, 0.2) is 0 Å². The van der Waals surface area contributed by atoms with Crippen LogP contribution in [0.5, 0.6) is 0 Å². The van der Waals surface area contributed by atoms with E-state index in [1.54, 1.807) is 0 Å². The van der Waals surface area contributed by atoms with Crippen molar-refractivity contribution in [1.29, 1.82) is 0 Å². The number of anilines is 1. The monoisotopic (exact) mass is 336 g/mol.